The van der Waals surface area contributed by atoms with Crippen molar-refractivity contribution >= 4 is 23.2 Å². The molecule has 0 radical (unpaired) electrons. The molecule has 2 fully saturated rings. The highest BCUT2D eigenvalue weighted by Gasteiger charge is 2.28. The molecule has 0 bridgehead atoms. The predicted molar refractivity (Wildman–Crippen MR) is 80.9 cm³/mol. The van der Waals surface area contributed by atoms with E-state index >= 15 is 0 Å². The Kier molecular flexibility index (Phi) is 3.85. The van der Waals surface area contributed by atoms with Crippen molar-refractivity contribution in [3.8, 4) is 0 Å². The Morgan fingerprint density at radius 1 is 1.25 bits per heavy atom. The molecule has 0 aromatic heterocycles. The summed E-state index contributed by atoms with van der Waals surface area (Å²) in [6.45, 7) is 4.70. The molecule has 0 spiro atoms. The number of rotatable bonds is 3. The first-order valence-electron chi connectivity index (χ1n) is 7.20. The third-order valence-electron chi connectivity index (χ3n) is 4.10. The number of halogens is 1. The molecule has 1 saturated carbocycles. The molecule has 1 aliphatic heterocycles. The van der Waals surface area contributed by atoms with E-state index in [0.29, 0.717) is 16.3 Å². The highest BCUT2D eigenvalue weighted by molar-refractivity contribution is 6.34. The van der Waals surface area contributed by atoms with Crippen molar-refractivity contribution in [3.05, 3.63) is 28.8 Å². The largest absolute Gasteiger partial charge is 0.399 e. The topological polar surface area (TPSA) is 49.6 Å². The van der Waals surface area contributed by atoms with Crippen LogP contribution in [0.3, 0.4) is 0 Å². The summed E-state index contributed by atoms with van der Waals surface area (Å²) in [5.41, 5.74) is 6.80. The molecule has 0 atom stereocenters. The Labute approximate surface area is 124 Å². The van der Waals surface area contributed by atoms with Crippen LogP contribution in [0.25, 0.3) is 0 Å². The summed E-state index contributed by atoms with van der Waals surface area (Å²) in [7, 11) is 0. The number of anilines is 1. The van der Waals surface area contributed by atoms with Gasteiger partial charge in [0.15, 0.2) is 0 Å². The number of carbonyl (C=O) groups excluding carboxylic acids is 1. The molecule has 1 aromatic rings. The highest BCUT2D eigenvalue weighted by Crippen LogP contribution is 2.30. The third kappa shape index (κ3) is 3.07. The highest BCUT2D eigenvalue weighted by atomic mass is 35.5. The van der Waals surface area contributed by atoms with Gasteiger partial charge in [0.25, 0.3) is 5.91 Å². The quantitative estimate of drug-likeness (QED) is 0.868. The van der Waals surface area contributed by atoms with Crippen LogP contribution < -0.4 is 5.73 Å². The maximum atomic E-state index is 12.5. The number of amides is 1. The third-order valence-corrected chi connectivity index (χ3v) is 4.41. The van der Waals surface area contributed by atoms with Crippen LogP contribution in [0, 0.1) is 5.92 Å². The molecule has 5 heteroatoms. The van der Waals surface area contributed by atoms with Crippen molar-refractivity contribution in [1.29, 1.82) is 0 Å². The van der Waals surface area contributed by atoms with Crippen LogP contribution in [0.15, 0.2) is 18.2 Å². The lowest BCUT2D eigenvalue weighted by Crippen LogP contribution is -2.49. The first kappa shape index (κ1) is 13.7. The van der Waals surface area contributed by atoms with Gasteiger partial charge in [0.1, 0.15) is 0 Å². The summed E-state index contributed by atoms with van der Waals surface area (Å²) >= 11 is 6.11. The average Bonchev–Trinajstić information content (AvgIpc) is 3.23. The molecule has 2 aliphatic rings. The molecule has 1 aliphatic carbocycles. The minimum Gasteiger partial charge on any atom is -0.399 e. The molecule has 1 aromatic carbocycles. The van der Waals surface area contributed by atoms with E-state index in [4.69, 9.17) is 17.3 Å². The number of carbonyl (C=O) groups is 1. The summed E-state index contributed by atoms with van der Waals surface area (Å²) in [5, 5.41) is 0.440. The Morgan fingerprint density at radius 3 is 2.55 bits per heavy atom. The van der Waals surface area contributed by atoms with Gasteiger partial charge >= 0.3 is 0 Å². The van der Waals surface area contributed by atoms with Crippen LogP contribution in [0.5, 0.6) is 0 Å². The predicted octanol–water partition coefficient (Wildman–Crippen LogP) is 2.09. The smallest absolute Gasteiger partial charge is 0.255 e. The molecule has 20 heavy (non-hydrogen) atoms. The fourth-order valence-electron chi connectivity index (χ4n) is 2.67. The zero-order valence-electron chi connectivity index (χ0n) is 11.5. The fourth-order valence-corrected chi connectivity index (χ4v) is 2.94. The molecule has 1 heterocycles. The van der Waals surface area contributed by atoms with E-state index in [0.717, 1.165) is 32.1 Å². The van der Waals surface area contributed by atoms with Crippen molar-refractivity contribution < 1.29 is 4.79 Å². The molecule has 1 amide bonds. The molecular weight excluding hydrogens is 274 g/mol. The summed E-state index contributed by atoms with van der Waals surface area (Å²) in [6.07, 6.45) is 2.75. The lowest BCUT2D eigenvalue weighted by atomic mass is 10.1. The second-order valence-electron chi connectivity index (χ2n) is 5.78. The van der Waals surface area contributed by atoms with Crippen LogP contribution in [-0.4, -0.2) is 48.4 Å². The number of benzene rings is 1. The van der Waals surface area contributed by atoms with Gasteiger partial charge in [-0.1, -0.05) is 11.6 Å². The van der Waals surface area contributed by atoms with Gasteiger partial charge in [0, 0.05) is 38.4 Å². The molecule has 3 rings (SSSR count). The Morgan fingerprint density at radius 2 is 1.95 bits per heavy atom. The maximum Gasteiger partial charge on any atom is 0.255 e. The van der Waals surface area contributed by atoms with Gasteiger partial charge in [-0.15, -0.1) is 0 Å². The van der Waals surface area contributed by atoms with Gasteiger partial charge in [-0.2, -0.15) is 0 Å². The second-order valence-corrected chi connectivity index (χ2v) is 6.18. The van der Waals surface area contributed by atoms with Crippen LogP contribution >= 0.6 is 11.6 Å². The van der Waals surface area contributed by atoms with Crippen molar-refractivity contribution in [1.82, 2.24) is 9.80 Å². The number of piperazine rings is 1. The monoisotopic (exact) mass is 293 g/mol. The number of nitrogen functional groups attached to an aromatic ring is 1. The Bertz CT molecular complexity index is 508. The molecule has 4 nitrogen and oxygen atoms in total. The van der Waals surface area contributed by atoms with Crippen LogP contribution in [0.4, 0.5) is 5.69 Å². The second kappa shape index (κ2) is 5.62. The summed E-state index contributed by atoms with van der Waals surface area (Å²) in [5.74, 6) is 0.921. The minimum atomic E-state index is 0.0149. The van der Waals surface area contributed by atoms with Crippen molar-refractivity contribution in [2.75, 3.05) is 38.5 Å². The lowest BCUT2D eigenvalue weighted by molar-refractivity contribution is 0.0632. The van der Waals surface area contributed by atoms with E-state index in [9.17, 15) is 4.79 Å². The normalized spacial score (nSPS) is 20.1. The molecular formula is C15H20ClN3O. The van der Waals surface area contributed by atoms with E-state index in [2.05, 4.69) is 4.90 Å². The Hall–Kier alpha value is -1.26. The average molecular weight is 294 g/mol. The number of hydrogen-bond acceptors (Lipinski definition) is 3. The van der Waals surface area contributed by atoms with Gasteiger partial charge in [-0.05, 0) is 37.0 Å². The van der Waals surface area contributed by atoms with Crippen LogP contribution in [-0.2, 0) is 0 Å². The zero-order chi connectivity index (χ0) is 14.1. The van der Waals surface area contributed by atoms with Gasteiger partial charge in [0.2, 0.25) is 0 Å². The lowest BCUT2D eigenvalue weighted by Gasteiger charge is -2.35. The van der Waals surface area contributed by atoms with Gasteiger partial charge in [-0.25, -0.2) is 0 Å². The summed E-state index contributed by atoms with van der Waals surface area (Å²) < 4.78 is 0. The fraction of sp³-hybridized carbons (Fsp3) is 0.533. The van der Waals surface area contributed by atoms with Crippen molar-refractivity contribution in [3.63, 3.8) is 0 Å². The maximum absolute atomic E-state index is 12.5. The Balaban J connectivity index is 1.60. The van der Waals surface area contributed by atoms with E-state index in [-0.39, 0.29) is 5.91 Å². The SMILES string of the molecule is Nc1ccc(C(=O)N2CCN(CC3CC3)CC2)c(Cl)c1. The summed E-state index contributed by atoms with van der Waals surface area (Å²) in [4.78, 5) is 16.8. The zero-order valence-corrected chi connectivity index (χ0v) is 12.3. The van der Waals surface area contributed by atoms with Crippen molar-refractivity contribution in [2.45, 2.75) is 12.8 Å². The van der Waals surface area contributed by atoms with E-state index in [1.165, 1.54) is 19.4 Å². The van der Waals surface area contributed by atoms with Crippen LogP contribution in [0.2, 0.25) is 5.02 Å². The van der Waals surface area contributed by atoms with Gasteiger partial charge in [0.05, 0.1) is 10.6 Å². The number of nitrogens with zero attached hydrogens (tertiary/aromatic N) is 2. The van der Waals surface area contributed by atoms with Gasteiger partial charge < -0.3 is 10.6 Å². The van der Waals surface area contributed by atoms with E-state index in [1.54, 1.807) is 18.2 Å². The minimum absolute atomic E-state index is 0.0149. The molecule has 108 valence electrons. The van der Waals surface area contributed by atoms with Gasteiger partial charge in [-0.3, -0.25) is 9.69 Å². The molecule has 1 saturated heterocycles. The molecule has 0 unspecified atom stereocenters. The van der Waals surface area contributed by atoms with E-state index in [1.807, 2.05) is 4.90 Å². The summed E-state index contributed by atoms with van der Waals surface area (Å²) in [6, 6.07) is 5.08. The first-order valence-corrected chi connectivity index (χ1v) is 7.58. The number of hydrogen-bond donors (Lipinski definition) is 1. The molecule has 2 N–H and O–H groups in total. The van der Waals surface area contributed by atoms with E-state index < -0.39 is 0 Å². The standard InChI is InChI=1S/C15H20ClN3O/c16-14-9-12(17)3-4-13(14)15(20)19-7-5-18(6-8-19)10-11-1-2-11/h3-4,9,11H,1-2,5-8,10,17H2. The first-order chi connectivity index (χ1) is 9.63. The number of nitrogens with two attached hydrogens (primary N) is 1. The van der Waals surface area contributed by atoms with Crippen molar-refractivity contribution in [2.24, 2.45) is 5.92 Å². The van der Waals surface area contributed by atoms with Crippen LogP contribution in [0.1, 0.15) is 23.2 Å².